The third-order valence-electron chi connectivity index (χ3n) is 6.79. The van der Waals surface area contributed by atoms with Gasteiger partial charge >= 0.3 is 0 Å². The normalized spacial score (nSPS) is 12.1. The van der Waals surface area contributed by atoms with Gasteiger partial charge in [0, 0.05) is 27.6 Å². The van der Waals surface area contributed by atoms with Crippen molar-refractivity contribution >= 4 is 24.8 Å². The summed E-state index contributed by atoms with van der Waals surface area (Å²) in [6.45, 7) is 11.4. The number of benzene rings is 4. The zero-order valence-corrected chi connectivity index (χ0v) is 21.4. The smallest absolute Gasteiger partial charge is 0.250 e. The van der Waals surface area contributed by atoms with Crippen LogP contribution in [0.15, 0.2) is 78.9 Å². The van der Waals surface area contributed by atoms with Crippen molar-refractivity contribution in [2.75, 3.05) is 12.8 Å². The van der Waals surface area contributed by atoms with E-state index in [1.165, 1.54) is 0 Å². The summed E-state index contributed by atoms with van der Waals surface area (Å²) in [5.74, 6) is 1.70. The number of ether oxygens (including phenoxy) is 1. The van der Waals surface area contributed by atoms with Gasteiger partial charge in [0.25, 0.3) is 8.32 Å². The van der Waals surface area contributed by atoms with Crippen LogP contribution in [0.5, 0.6) is 11.5 Å². The van der Waals surface area contributed by atoms with Gasteiger partial charge in [-0.15, -0.1) is 0 Å². The van der Waals surface area contributed by atoms with Crippen LogP contribution >= 0.6 is 0 Å². The number of nitrogen functional groups attached to an aromatic ring is 1. The summed E-state index contributed by atoms with van der Waals surface area (Å²) in [5, 5.41) is 2.10. The average molecular weight is 456 g/mol. The predicted octanol–water partition coefficient (Wildman–Crippen LogP) is 8.15. The molecule has 0 aliphatic carbocycles. The van der Waals surface area contributed by atoms with E-state index >= 15 is 0 Å². The highest BCUT2D eigenvalue weighted by atomic mass is 28.4. The molecule has 4 rings (SSSR count). The number of hydrogen-bond donors (Lipinski definition) is 1. The number of fused-ring (bicyclic) bond motifs is 1. The molecule has 0 aliphatic heterocycles. The Morgan fingerprint density at radius 3 is 1.97 bits per heavy atom. The maximum Gasteiger partial charge on any atom is 0.250 e. The third kappa shape index (κ3) is 4.23. The van der Waals surface area contributed by atoms with E-state index in [-0.39, 0.29) is 5.04 Å². The molecule has 0 atom stereocenters. The molecule has 3 nitrogen and oxygen atoms in total. The third-order valence-corrected chi connectivity index (χ3v) is 11.1. The Balaban J connectivity index is 2.17. The van der Waals surface area contributed by atoms with E-state index in [0.29, 0.717) is 0 Å². The second-order valence-electron chi connectivity index (χ2n) is 10.00. The van der Waals surface area contributed by atoms with Crippen molar-refractivity contribution in [3.05, 3.63) is 78.9 Å². The van der Waals surface area contributed by atoms with Gasteiger partial charge in [-0.05, 0) is 41.4 Å². The van der Waals surface area contributed by atoms with E-state index in [1.807, 2.05) is 36.4 Å². The number of rotatable bonds is 5. The summed E-state index contributed by atoms with van der Waals surface area (Å²) in [4.78, 5) is 0. The average Bonchev–Trinajstić information content (AvgIpc) is 2.80. The summed E-state index contributed by atoms with van der Waals surface area (Å²) in [6, 6.07) is 26.8. The van der Waals surface area contributed by atoms with Crippen LogP contribution in [-0.4, -0.2) is 15.4 Å². The topological polar surface area (TPSA) is 44.5 Å². The van der Waals surface area contributed by atoms with Crippen LogP contribution in [0.3, 0.4) is 0 Å². The minimum Gasteiger partial charge on any atom is -0.543 e. The first-order valence-corrected chi connectivity index (χ1v) is 14.3. The van der Waals surface area contributed by atoms with Crippen LogP contribution in [0.1, 0.15) is 20.8 Å². The molecule has 0 aromatic heterocycles. The van der Waals surface area contributed by atoms with Crippen molar-refractivity contribution in [3.8, 4) is 33.8 Å². The van der Waals surface area contributed by atoms with Crippen molar-refractivity contribution in [1.82, 2.24) is 0 Å². The fourth-order valence-electron chi connectivity index (χ4n) is 3.91. The number of nitrogens with two attached hydrogens (primary N) is 1. The summed E-state index contributed by atoms with van der Waals surface area (Å²) in [7, 11) is -0.469. The van der Waals surface area contributed by atoms with Crippen molar-refractivity contribution in [2.45, 2.75) is 38.9 Å². The highest BCUT2D eigenvalue weighted by molar-refractivity contribution is 6.75. The largest absolute Gasteiger partial charge is 0.543 e. The Morgan fingerprint density at radius 1 is 0.727 bits per heavy atom. The van der Waals surface area contributed by atoms with Crippen LogP contribution in [0, 0.1) is 0 Å². The monoisotopic (exact) mass is 455 g/mol. The van der Waals surface area contributed by atoms with Gasteiger partial charge in [-0.25, -0.2) is 0 Å². The van der Waals surface area contributed by atoms with Gasteiger partial charge in [0.05, 0.1) is 7.11 Å². The van der Waals surface area contributed by atoms with E-state index in [4.69, 9.17) is 14.9 Å². The Hall–Kier alpha value is -3.24. The minimum absolute atomic E-state index is 0.0497. The molecule has 0 saturated carbocycles. The molecule has 4 heteroatoms. The molecule has 0 spiro atoms. The fraction of sp³-hybridized carbons (Fsp3) is 0.241. The maximum atomic E-state index is 7.10. The van der Waals surface area contributed by atoms with Gasteiger partial charge in [0.15, 0.2) is 0 Å². The Labute approximate surface area is 198 Å². The summed E-state index contributed by atoms with van der Waals surface area (Å²) in [6.07, 6.45) is 0. The predicted molar refractivity (Wildman–Crippen MR) is 144 cm³/mol. The van der Waals surface area contributed by atoms with Crippen molar-refractivity contribution < 1.29 is 9.16 Å². The molecule has 0 fully saturated rings. The molecule has 0 amide bonds. The van der Waals surface area contributed by atoms with Crippen LogP contribution in [0.4, 0.5) is 5.69 Å². The van der Waals surface area contributed by atoms with E-state index < -0.39 is 8.32 Å². The zero-order chi connectivity index (χ0) is 23.8. The summed E-state index contributed by atoms with van der Waals surface area (Å²) >= 11 is 0. The lowest BCUT2D eigenvalue weighted by Gasteiger charge is -2.38. The SMILES string of the molecule is COc1cccc(-c2c(-c3ccccc3)c(N)c3ccccc3c2O[Si](C)(C)C(C)(C)C)c1. The lowest BCUT2D eigenvalue weighted by Crippen LogP contribution is -2.44. The van der Waals surface area contributed by atoms with Crippen LogP contribution in [0.2, 0.25) is 18.1 Å². The molecule has 0 bridgehead atoms. The van der Waals surface area contributed by atoms with E-state index in [0.717, 1.165) is 50.2 Å². The zero-order valence-electron chi connectivity index (χ0n) is 20.4. The maximum absolute atomic E-state index is 7.10. The summed E-state index contributed by atoms with van der Waals surface area (Å²) in [5.41, 5.74) is 11.8. The molecule has 170 valence electrons. The molecule has 0 unspecified atom stereocenters. The second kappa shape index (κ2) is 8.60. The first kappa shape index (κ1) is 22.9. The van der Waals surface area contributed by atoms with Crippen LogP contribution < -0.4 is 14.9 Å². The molecule has 4 aromatic rings. The molecular weight excluding hydrogens is 422 g/mol. The molecule has 2 N–H and O–H groups in total. The lowest BCUT2D eigenvalue weighted by atomic mass is 9.88. The number of hydrogen-bond acceptors (Lipinski definition) is 3. The molecule has 0 aliphatic rings. The quantitative estimate of drug-likeness (QED) is 0.244. The molecule has 33 heavy (non-hydrogen) atoms. The van der Waals surface area contributed by atoms with Crippen LogP contribution in [-0.2, 0) is 0 Å². The van der Waals surface area contributed by atoms with Crippen LogP contribution in [0.25, 0.3) is 33.0 Å². The number of methoxy groups -OCH3 is 1. The molecule has 4 aromatic carbocycles. The van der Waals surface area contributed by atoms with E-state index in [2.05, 4.69) is 76.3 Å². The van der Waals surface area contributed by atoms with Gasteiger partial charge in [0.1, 0.15) is 11.5 Å². The van der Waals surface area contributed by atoms with E-state index in [1.54, 1.807) is 7.11 Å². The van der Waals surface area contributed by atoms with Crippen molar-refractivity contribution in [2.24, 2.45) is 0 Å². The molecule has 0 radical (unpaired) electrons. The highest BCUT2D eigenvalue weighted by Gasteiger charge is 2.40. The van der Waals surface area contributed by atoms with Gasteiger partial charge in [-0.3, -0.25) is 0 Å². The first-order chi connectivity index (χ1) is 15.6. The highest BCUT2D eigenvalue weighted by Crippen LogP contribution is 2.51. The second-order valence-corrected chi connectivity index (χ2v) is 14.7. The molecular formula is C29H33NO2Si. The Morgan fingerprint density at radius 2 is 1.33 bits per heavy atom. The fourth-order valence-corrected chi connectivity index (χ4v) is 4.93. The summed E-state index contributed by atoms with van der Waals surface area (Å²) < 4.78 is 12.7. The Bertz CT molecular complexity index is 1290. The van der Waals surface area contributed by atoms with Gasteiger partial charge in [-0.2, -0.15) is 0 Å². The van der Waals surface area contributed by atoms with Gasteiger partial charge < -0.3 is 14.9 Å². The van der Waals surface area contributed by atoms with Crippen molar-refractivity contribution in [3.63, 3.8) is 0 Å². The molecule has 0 heterocycles. The lowest BCUT2D eigenvalue weighted by molar-refractivity contribution is 0.415. The van der Waals surface area contributed by atoms with Gasteiger partial charge in [-0.1, -0.05) is 87.5 Å². The standard InChI is InChI=1S/C29H33NO2Si/c1-29(2,3)33(5,6)32-28-24-18-11-10-17-23(24)27(30)25(20-13-8-7-9-14-20)26(28)21-15-12-16-22(19-21)31-4/h7-19H,30H2,1-6H3. The minimum atomic E-state index is -2.16. The first-order valence-electron chi connectivity index (χ1n) is 11.4. The Kier molecular flexibility index (Phi) is 5.98. The van der Waals surface area contributed by atoms with Gasteiger partial charge in [0.2, 0.25) is 0 Å². The number of anilines is 1. The van der Waals surface area contributed by atoms with E-state index in [9.17, 15) is 0 Å². The van der Waals surface area contributed by atoms with Crippen molar-refractivity contribution in [1.29, 1.82) is 0 Å². The molecule has 0 saturated heterocycles.